The summed E-state index contributed by atoms with van der Waals surface area (Å²) < 4.78 is 37.3. The Morgan fingerprint density at radius 2 is 2.11 bits per heavy atom. The summed E-state index contributed by atoms with van der Waals surface area (Å²) in [5, 5.41) is 18.3. The number of aromatic nitrogens is 1. The molecule has 0 aromatic carbocycles. The Hall–Kier alpha value is -1.34. The number of anilines is 1. The monoisotopic (exact) mass is 264 g/mol. The van der Waals surface area contributed by atoms with Crippen molar-refractivity contribution in [3.05, 3.63) is 23.9 Å². The van der Waals surface area contributed by atoms with Crippen molar-refractivity contribution >= 4 is 5.82 Å². The van der Waals surface area contributed by atoms with Gasteiger partial charge in [-0.1, -0.05) is 6.07 Å². The highest BCUT2D eigenvalue weighted by Gasteiger charge is 2.32. The third-order valence-electron chi connectivity index (χ3n) is 2.31. The number of hydrogen-bond donors (Lipinski definition) is 2. The van der Waals surface area contributed by atoms with E-state index in [4.69, 9.17) is 5.11 Å². The lowest BCUT2D eigenvalue weighted by molar-refractivity contribution is -0.120. The van der Waals surface area contributed by atoms with Crippen molar-refractivity contribution < 1.29 is 23.4 Å². The number of hydrogen-bond acceptors (Lipinski definition) is 4. The summed E-state index contributed by atoms with van der Waals surface area (Å²) in [6.07, 6.45) is -3.98. The maximum Gasteiger partial charge on any atom is 0.405 e. The summed E-state index contributed by atoms with van der Waals surface area (Å²) in [5.74, 6) is 0.0406. The number of halogens is 3. The van der Waals surface area contributed by atoms with E-state index in [2.05, 4.69) is 4.98 Å². The summed E-state index contributed by atoms with van der Waals surface area (Å²) in [6.45, 7) is -0.391. The molecule has 102 valence electrons. The Morgan fingerprint density at radius 1 is 1.44 bits per heavy atom. The van der Waals surface area contributed by atoms with Gasteiger partial charge in [-0.3, -0.25) is 0 Å². The summed E-state index contributed by atoms with van der Waals surface area (Å²) in [6, 6.07) is 3.05. The average Bonchev–Trinajstić information content (AvgIpc) is 2.26. The third kappa shape index (κ3) is 4.15. The van der Waals surface area contributed by atoms with Crippen LogP contribution in [0, 0.1) is 0 Å². The predicted molar refractivity (Wildman–Crippen MR) is 60.2 cm³/mol. The molecule has 1 aromatic rings. The zero-order chi connectivity index (χ0) is 13.8. The topological polar surface area (TPSA) is 56.6 Å². The lowest BCUT2D eigenvalue weighted by Crippen LogP contribution is -2.37. The van der Waals surface area contributed by atoms with Crippen molar-refractivity contribution in [3.8, 4) is 0 Å². The fraction of sp³-hybridized carbons (Fsp3) is 0.545. The first-order valence-electron chi connectivity index (χ1n) is 5.40. The van der Waals surface area contributed by atoms with Gasteiger partial charge >= 0.3 is 6.18 Å². The van der Waals surface area contributed by atoms with Crippen LogP contribution in [-0.2, 0) is 0 Å². The van der Waals surface area contributed by atoms with Crippen molar-refractivity contribution in [2.24, 2.45) is 0 Å². The SMILES string of the molecule is C[C@@H](O)c1cccnc1N(CCO)CC(F)(F)F. The molecule has 1 rings (SSSR count). The molecule has 0 spiro atoms. The van der Waals surface area contributed by atoms with Gasteiger partial charge in [0.05, 0.1) is 12.7 Å². The number of rotatable bonds is 5. The van der Waals surface area contributed by atoms with Crippen LogP contribution in [0.3, 0.4) is 0 Å². The fourth-order valence-corrected chi connectivity index (χ4v) is 1.60. The van der Waals surface area contributed by atoms with Gasteiger partial charge in [0.2, 0.25) is 0 Å². The van der Waals surface area contributed by atoms with Gasteiger partial charge in [0.1, 0.15) is 12.4 Å². The first-order chi connectivity index (χ1) is 8.35. The maximum absolute atomic E-state index is 12.4. The quantitative estimate of drug-likeness (QED) is 0.846. The van der Waals surface area contributed by atoms with Crippen molar-refractivity contribution in [1.29, 1.82) is 0 Å². The Labute approximate surface area is 103 Å². The van der Waals surface area contributed by atoms with Crippen LogP contribution in [-0.4, -0.2) is 41.1 Å². The molecule has 2 N–H and O–H groups in total. The zero-order valence-corrected chi connectivity index (χ0v) is 9.85. The second-order valence-electron chi connectivity index (χ2n) is 3.85. The van der Waals surface area contributed by atoms with Gasteiger partial charge in [-0.15, -0.1) is 0 Å². The fourth-order valence-electron chi connectivity index (χ4n) is 1.60. The normalized spacial score (nSPS) is 13.4. The highest BCUT2D eigenvalue weighted by atomic mass is 19.4. The highest BCUT2D eigenvalue weighted by Crippen LogP contribution is 2.26. The molecular formula is C11H15F3N2O2. The average molecular weight is 264 g/mol. The molecule has 7 heteroatoms. The molecule has 18 heavy (non-hydrogen) atoms. The van der Waals surface area contributed by atoms with Crippen molar-refractivity contribution in [3.63, 3.8) is 0 Å². The number of pyridine rings is 1. The molecule has 0 aliphatic heterocycles. The molecule has 1 aromatic heterocycles. The summed E-state index contributed by atoms with van der Waals surface area (Å²) >= 11 is 0. The van der Waals surface area contributed by atoms with Crippen molar-refractivity contribution in [2.45, 2.75) is 19.2 Å². The van der Waals surface area contributed by atoms with Crippen LogP contribution in [0.1, 0.15) is 18.6 Å². The van der Waals surface area contributed by atoms with Gasteiger partial charge in [-0.2, -0.15) is 13.2 Å². The van der Waals surface area contributed by atoms with Crippen LogP contribution in [0.15, 0.2) is 18.3 Å². The largest absolute Gasteiger partial charge is 0.405 e. The van der Waals surface area contributed by atoms with Crippen LogP contribution < -0.4 is 4.90 Å². The third-order valence-corrected chi connectivity index (χ3v) is 2.31. The minimum atomic E-state index is -4.40. The summed E-state index contributed by atoms with van der Waals surface area (Å²) in [5.41, 5.74) is 0.301. The number of nitrogens with zero attached hydrogens (tertiary/aromatic N) is 2. The van der Waals surface area contributed by atoms with E-state index in [-0.39, 0.29) is 12.4 Å². The van der Waals surface area contributed by atoms with E-state index in [0.29, 0.717) is 5.56 Å². The molecule has 0 saturated carbocycles. The van der Waals surface area contributed by atoms with Crippen LogP contribution >= 0.6 is 0 Å². The van der Waals surface area contributed by atoms with Gasteiger partial charge in [-0.05, 0) is 13.0 Å². The molecule has 0 unspecified atom stereocenters. The molecule has 0 bridgehead atoms. The first-order valence-corrected chi connectivity index (χ1v) is 5.40. The second kappa shape index (κ2) is 6.01. The highest BCUT2D eigenvalue weighted by molar-refractivity contribution is 5.48. The zero-order valence-electron chi connectivity index (χ0n) is 9.85. The molecule has 1 atom stereocenters. The van der Waals surface area contributed by atoms with E-state index in [1.54, 1.807) is 0 Å². The standard InChI is InChI=1S/C11H15F3N2O2/c1-8(18)9-3-2-4-15-10(9)16(5-6-17)7-11(12,13)14/h2-4,8,17-18H,5-7H2,1H3/t8-/m1/s1. The summed E-state index contributed by atoms with van der Waals surface area (Å²) in [7, 11) is 0. The van der Waals surface area contributed by atoms with Gasteiger partial charge in [0, 0.05) is 18.3 Å². The van der Waals surface area contributed by atoms with Gasteiger partial charge in [-0.25, -0.2) is 4.98 Å². The molecule has 0 radical (unpaired) electrons. The second-order valence-corrected chi connectivity index (χ2v) is 3.85. The Balaban J connectivity index is 3.05. The van der Waals surface area contributed by atoms with E-state index >= 15 is 0 Å². The Bertz CT molecular complexity index is 383. The summed E-state index contributed by atoms with van der Waals surface area (Å²) in [4.78, 5) is 4.76. The molecule has 4 nitrogen and oxygen atoms in total. The van der Waals surface area contributed by atoms with Crippen LogP contribution in [0.25, 0.3) is 0 Å². The van der Waals surface area contributed by atoms with Crippen LogP contribution in [0.5, 0.6) is 0 Å². The molecule has 0 saturated heterocycles. The number of alkyl halides is 3. The molecule has 0 aliphatic rings. The van der Waals surface area contributed by atoms with E-state index in [0.717, 1.165) is 4.90 Å². The maximum atomic E-state index is 12.4. The van der Waals surface area contributed by atoms with E-state index in [1.807, 2.05) is 0 Å². The van der Waals surface area contributed by atoms with Crippen molar-refractivity contribution in [2.75, 3.05) is 24.6 Å². The molecule has 0 amide bonds. The van der Waals surface area contributed by atoms with Gasteiger partial charge < -0.3 is 15.1 Å². The molecule has 0 fully saturated rings. The number of aliphatic hydroxyl groups excluding tert-OH is 2. The minimum absolute atomic E-state index is 0.0406. The van der Waals surface area contributed by atoms with Crippen molar-refractivity contribution in [1.82, 2.24) is 4.98 Å². The van der Waals surface area contributed by atoms with Gasteiger partial charge in [0.15, 0.2) is 0 Å². The van der Waals surface area contributed by atoms with Gasteiger partial charge in [0.25, 0.3) is 0 Å². The molecule has 1 heterocycles. The van der Waals surface area contributed by atoms with E-state index < -0.39 is 25.4 Å². The first kappa shape index (κ1) is 14.7. The van der Waals surface area contributed by atoms with Crippen LogP contribution in [0.2, 0.25) is 0 Å². The Kier molecular flexibility index (Phi) is 4.92. The number of aliphatic hydroxyl groups is 2. The predicted octanol–water partition coefficient (Wildman–Crippen LogP) is 1.50. The minimum Gasteiger partial charge on any atom is -0.395 e. The van der Waals surface area contributed by atoms with E-state index in [9.17, 15) is 18.3 Å². The van der Waals surface area contributed by atoms with Crippen LogP contribution in [0.4, 0.5) is 19.0 Å². The lowest BCUT2D eigenvalue weighted by Gasteiger charge is -2.26. The lowest BCUT2D eigenvalue weighted by atomic mass is 10.1. The molecule has 0 aliphatic carbocycles. The Morgan fingerprint density at radius 3 is 2.61 bits per heavy atom. The molecular weight excluding hydrogens is 249 g/mol. The van der Waals surface area contributed by atoms with E-state index in [1.165, 1.54) is 25.3 Å². The smallest absolute Gasteiger partial charge is 0.395 e.